The number of hydrogen-bond donors (Lipinski definition) is 0. The third-order valence-corrected chi connectivity index (χ3v) is 14.3. The summed E-state index contributed by atoms with van der Waals surface area (Å²) in [4.78, 5) is 7.78. The minimum atomic E-state index is 0.968. The number of rotatable bonds is 8. The fourth-order valence-electron chi connectivity index (χ4n) is 11.0. The zero-order chi connectivity index (χ0) is 46.8. The van der Waals surface area contributed by atoms with Gasteiger partial charge in [0.2, 0.25) is 0 Å². The molecule has 0 aliphatic rings. The highest BCUT2D eigenvalue weighted by molar-refractivity contribution is 6.29. The van der Waals surface area contributed by atoms with Gasteiger partial charge in [0.05, 0.1) is 33.3 Å². The van der Waals surface area contributed by atoms with Crippen molar-refractivity contribution < 1.29 is 0 Å². The second-order valence-electron chi connectivity index (χ2n) is 18.3. The van der Waals surface area contributed by atoms with Gasteiger partial charge in [-0.3, -0.25) is 0 Å². The molecule has 0 saturated carbocycles. The molecule has 0 N–H and O–H groups in total. The molecule has 3 aromatic heterocycles. The van der Waals surface area contributed by atoms with Crippen LogP contribution in [0.5, 0.6) is 0 Å². The van der Waals surface area contributed by atoms with E-state index in [4.69, 9.17) is 4.98 Å². The highest BCUT2D eigenvalue weighted by atomic mass is 15.1. The van der Waals surface area contributed by atoms with Gasteiger partial charge in [0.25, 0.3) is 0 Å². The average Bonchev–Trinajstić information content (AvgIpc) is 3.97. The van der Waals surface area contributed by atoms with Gasteiger partial charge in [-0.25, -0.2) is 4.98 Å². The molecular formula is C67H44N4. The Morgan fingerprint density at radius 1 is 0.268 bits per heavy atom. The zero-order valence-corrected chi connectivity index (χ0v) is 38.7. The highest BCUT2D eigenvalue weighted by Gasteiger charge is 2.21. The molecule has 11 aromatic carbocycles. The van der Waals surface area contributed by atoms with Gasteiger partial charge < -0.3 is 14.0 Å². The Hall–Kier alpha value is -9.51. The predicted octanol–water partition coefficient (Wildman–Crippen LogP) is 18.1. The topological polar surface area (TPSA) is 26.0 Å². The van der Waals surface area contributed by atoms with Crippen LogP contribution in [0.15, 0.2) is 267 Å². The van der Waals surface area contributed by atoms with Crippen LogP contribution in [-0.2, 0) is 0 Å². The van der Waals surface area contributed by atoms with Crippen LogP contribution in [0.1, 0.15) is 0 Å². The lowest BCUT2D eigenvalue weighted by Gasteiger charge is -2.26. The van der Waals surface area contributed by atoms with Gasteiger partial charge in [0.1, 0.15) is 0 Å². The van der Waals surface area contributed by atoms with Crippen molar-refractivity contribution >= 4 is 82.3 Å². The van der Waals surface area contributed by atoms with Crippen LogP contribution in [-0.4, -0.2) is 14.1 Å². The number of nitrogens with zero attached hydrogens (tertiary/aromatic N) is 4. The minimum absolute atomic E-state index is 0.968. The van der Waals surface area contributed by atoms with Crippen molar-refractivity contribution in [1.29, 1.82) is 0 Å². The summed E-state index contributed by atoms with van der Waals surface area (Å²) < 4.78 is 4.76. The minimum Gasteiger partial charge on any atom is -0.311 e. The van der Waals surface area contributed by atoms with E-state index < -0.39 is 0 Å². The Morgan fingerprint density at radius 3 is 1.34 bits per heavy atom. The number of aromatic nitrogens is 3. The Kier molecular flexibility index (Phi) is 9.49. The van der Waals surface area contributed by atoms with E-state index in [1.807, 2.05) is 0 Å². The van der Waals surface area contributed by atoms with Crippen LogP contribution in [0.4, 0.5) is 17.1 Å². The summed E-state index contributed by atoms with van der Waals surface area (Å²) in [5, 5.41) is 8.46. The normalized spacial score (nSPS) is 11.7. The standard InChI is InChI=1S/C67H44N4/c1-4-16-45(17-5-1)46-28-35-52(36-29-46)69(53-37-30-47(31-38-53)49-34-42-63-59(44-49)55-22-11-14-26-61(55)70(63)50-18-6-2-7-19-50)54-39-32-48(33-40-54)67-58-41-43-64-66(65(58)56-23-10-13-25-60(56)68-67)57-24-12-15-27-62(57)71(64)51-20-8-3-9-21-51/h1-44H. The fraction of sp³-hybridized carbons (Fsp3) is 0. The predicted molar refractivity (Wildman–Crippen MR) is 299 cm³/mol. The molecule has 3 heterocycles. The maximum atomic E-state index is 5.42. The van der Waals surface area contributed by atoms with Crippen molar-refractivity contribution in [2.75, 3.05) is 4.90 Å². The molecule has 0 saturated heterocycles. The van der Waals surface area contributed by atoms with E-state index in [9.17, 15) is 0 Å². The van der Waals surface area contributed by atoms with Crippen molar-refractivity contribution in [3.63, 3.8) is 0 Å². The van der Waals surface area contributed by atoms with E-state index in [0.29, 0.717) is 0 Å². The summed E-state index contributed by atoms with van der Waals surface area (Å²) in [6.07, 6.45) is 0. The van der Waals surface area contributed by atoms with E-state index >= 15 is 0 Å². The molecule has 0 fully saturated rings. The van der Waals surface area contributed by atoms with Crippen LogP contribution in [0.3, 0.4) is 0 Å². The lowest BCUT2D eigenvalue weighted by molar-refractivity contribution is 1.18. The largest absolute Gasteiger partial charge is 0.311 e. The quantitative estimate of drug-likeness (QED) is 0.142. The second kappa shape index (κ2) is 16.6. The Bertz CT molecular complexity index is 4290. The molecule has 0 aliphatic heterocycles. The van der Waals surface area contributed by atoms with Gasteiger partial charge in [-0.05, 0) is 119 Å². The number of benzene rings is 11. The zero-order valence-electron chi connectivity index (χ0n) is 38.7. The molecule has 0 unspecified atom stereocenters. The smallest absolute Gasteiger partial charge is 0.0788 e. The molecule has 0 atom stereocenters. The van der Waals surface area contributed by atoms with Gasteiger partial charge in [-0.2, -0.15) is 0 Å². The third kappa shape index (κ3) is 6.72. The number of para-hydroxylation sites is 5. The van der Waals surface area contributed by atoms with Crippen LogP contribution in [0.2, 0.25) is 0 Å². The molecule has 0 amide bonds. The summed E-state index contributed by atoms with van der Waals surface area (Å²) in [5.41, 5.74) is 18.0. The molecule has 0 aliphatic carbocycles. The molecule has 14 rings (SSSR count). The SMILES string of the molecule is c1ccc(-c2ccc(N(c3ccc(-c4ccc5c(c4)c4ccccc4n5-c4ccccc4)cc3)c3ccc(-c4nc5ccccc5c5c4ccc4c5c5ccccc5n4-c4ccccc4)cc3)cc2)cc1. The van der Waals surface area contributed by atoms with E-state index in [-0.39, 0.29) is 0 Å². The maximum Gasteiger partial charge on any atom is 0.0788 e. The Labute approximate surface area is 411 Å². The molecule has 0 spiro atoms. The first-order valence-corrected chi connectivity index (χ1v) is 24.3. The Morgan fingerprint density at radius 2 is 0.704 bits per heavy atom. The summed E-state index contributed by atoms with van der Waals surface area (Å²) in [5.74, 6) is 0. The maximum absolute atomic E-state index is 5.42. The van der Waals surface area contributed by atoms with Crippen LogP contribution in [0, 0.1) is 0 Å². The molecule has 71 heavy (non-hydrogen) atoms. The molecular weight excluding hydrogens is 861 g/mol. The second-order valence-corrected chi connectivity index (χ2v) is 18.3. The molecule has 0 radical (unpaired) electrons. The molecule has 0 bridgehead atoms. The summed E-state index contributed by atoms with van der Waals surface area (Å²) in [6.45, 7) is 0. The summed E-state index contributed by atoms with van der Waals surface area (Å²) >= 11 is 0. The summed E-state index contributed by atoms with van der Waals surface area (Å²) in [7, 11) is 0. The van der Waals surface area contributed by atoms with E-state index in [2.05, 4.69) is 281 Å². The van der Waals surface area contributed by atoms with Crippen molar-refractivity contribution in [2.24, 2.45) is 0 Å². The van der Waals surface area contributed by atoms with E-state index in [0.717, 1.165) is 61.5 Å². The monoisotopic (exact) mass is 904 g/mol. The molecule has 4 heteroatoms. The molecule has 332 valence electrons. The number of pyridine rings is 1. The fourth-order valence-corrected chi connectivity index (χ4v) is 11.0. The van der Waals surface area contributed by atoms with Crippen LogP contribution < -0.4 is 4.90 Å². The van der Waals surface area contributed by atoms with Crippen molar-refractivity contribution in [2.45, 2.75) is 0 Å². The van der Waals surface area contributed by atoms with Gasteiger partial charge in [0.15, 0.2) is 0 Å². The van der Waals surface area contributed by atoms with E-state index in [1.54, 1.807) is 0 Å². The van der Waals surface area contributed by atoms with Gasteiger partial charge in [-0.15, -0.1) is 0 Å². The lowest BCUT2D eigenvalue weighted by atomic mass is 9.96. The summed E-state index contributed by atoms with van der Waals surface area (Å²) in [6, 6.07) is 96.3. The highest BCUT2D eigenvalue weighted by Crippen LogP contribution is 2.44. The third-order valence-electron chi connectivity index (χ3n) is 14.3. The van der Waals surface area contributed by atoms with Crippen LogP contribution in [0.25, 0.3) is 110 Å². The number of hydrogen-bond acceptors (Lipinski definition) is 2. The van der Waals surface area contributed by atoms with Crippen molar-refractivity contribution in [3.05, 3.63) is 267 Å². The van der Waals surface area contributed by atoms with Crippen molar-refractivity contribution in [1.82, 2.24) is 14.1 Å². The van der Waals surface area contributed by atoms with Gasteiger partial charge in [0, 0.05) is 71.7 Å². The van der Waals surface area contributed by atoms with Gasteiger partial charge >= 0.3 is 0 Å². The number of fused-ring (bicyclic) bond motifs is 10. The molecule has 4 nitrogen and oxygen atoms in total. The first kappa shape index (κ1) is 40.5. The van der Waals surface area contributed by atoms with Crippen LogP contribution >= 0.6 is 0 Å². The Balaban J connectivity index is 0.885. The first-order chi connectivity index (χ1) is 35.2. The van der Waals surface area contributed by atoms with Gasteiger partial charge in [-0.1, -0.05) is 170 Å². The lowest BCUT2D eigenvalue weighted by Crippen LogP contribution is -2.09. The van der Waals surface area contributed by atoms with E-state index in [1.165, 1.54) is 65.7 Å². The first-order valence-electron chi connectivity index (χ1n) is 24.3. The number of anilines is 3. The molecule has 14 aromatic rings. The average molecular weight is 905 g/mol. The van der Waals surface area contributed by atoms with Crippen molar-refractivity contribution in [3.8, 4) is 44.9 Å².